The lowest BCUT2D eigenvalue weighted by Gasteiger charge is -2.19. The molecule has 0 saturated carbocycles. The maximum atomic E-state index is 12.3. The second-order valence-electron chi connectivity index (χ2n) is 5.72. The van der Waals surface area contributed by atoms with Crippen molar-refractivity contribution in [3.8, 4) is 0 Å². The van der Waals surface area contributed by atoms with E-state index >= 15 is 0 Å². The van der Waals surface area contributed by atoms with E-state index in [9.17, 15) is 13.2 Å². The van der Waals surface area contributed by atoms with Crippen molar-refractivity contribution in [3.63, 3.8) is 0 Å². The van der Waals surface area contributed by atoms with Crippen LogP contribution in [0.3, 0.4) is 0 Å². The lowest BCUT2D eigenvalue weighted by atomic mass is 10.2. The first kappa shape index (κ1) is 17.4. The van der Waals surface area contributed by atoms with Crippen LogP contribution in [0.15, 0.2) is 41.4 Å². The van der Waals surface area contributed by atoms with Crippen LogP contribution in [0.2, 0.25) is 0 Å². The molecule has 3 rings (SSSR count). The molecule has 2 aromatic rings. The summed E-state index contributed by atoms with van der Waals surface area (Å²) >= 11 is 0. The molecule has 0 atom stereocenters. The van der Waals surface area contributed by atoms with Gasteiger partial charge in [-0.3, -0.25) is 4.68 Å². The molecule has 2 heterocycles. The van der Waals surface area contributed by atoms with E-state index in [-0.39, 0.29) is 18.2 Å². The van der Waals surface area contributed by atoms with Gasteiger partial charge in [-0.15, -0.1) is 0 Å². The molecule has 0 radical (unpaired) electrons. The van der Waals surface area contributed by atoms with Crippen LogP contribution in [0.1, 0.15) is 17.7 Å². The summed E-state index contributed by atoms with van der Waals surface area (Å²) in [4.78, 5) is 13.9. The van der Waals surface area contributed by atoms with E-state index in [0.29, 0.717) is 25.2 Å². The number of carbonyl (C=O) groups is 1. The van der Waals surface area contributed by atoms with Gasteiger partial charge in [0.25, 0.3) is 10.0 Å². The molecule has 1 aliphatic rings. The number of fused-ring (bicyclic) bond motifs is 1. The number of aromatic nitrogens is 2. The van der Waals surface area contributed by atoms with Gasteiger partial charge in [0.15, 0.2) is 5.03 Å². The van der Waals surface area contributed by atoms with Gasteiger partial charge in [0.2, 0.25) is 0 Å². The molecule has 0 fully saturated rings. The van der Waals surface area contributed by atoms with Crippen molar-refractivity contribution in [1.82, 2.24) is 19.4 Å². The Labute approximate surface area is 146 Å². The van der Waals surface area contributed by atoms with E-state index in [2.05, 4.69) is 9.82 Å². The summed E-state index contributed by atoms with van der Waals surface area (Å²) in [6.07, 6.45) is 0.255. The number of benzene rings is 1. The van der Waals surface area contributed by atoms with Crippen molar-refractivity contribution >= 4 is 16.1 Å². The first-order valence-electron chi connectivity index (χ1n) is 7.95. The number of hydrogen-bond donors (Lipinski definition) is 1. The molecule has 0 saturated heterocycles. The summed E-state index contributed by atoms with van der Waals surface area (Å²) in [6.45, 7) is 1.55. The van der Waals surface area contributed by atoms with Crippen molar-refractivity contribution in [2.75, 3.05) is 13.6 Å². The van der Waals surface area contributed by atoms with Gasteiger partial charge in [-0.2, -0.15) is 5.10 Å². The first-order chi connectivity index (χ1) is 12.0. The number of nitrogens with zero attached hydrogens (tertiary/aromatic N) is 3. The predicted molar refractivity (Wildman–Crippen MR) is 90.1 cm³/mol. The number of sulfonamides is 1. The molecule has 8 nitrogen and oxygen atoms in total. The maximum absolute atomic E-state index is 12.3. The molecular weight excluding hydrogens is 344 g/mol. The normalized spacial score (nSPS) is 14.7. The van der Waals surface area contributed by atoms with Crippen LogP contribution in [-0.4, -0.2) is 42.8 Å². The quantitative estimate of drug-likeness (QED) is 0.883. The molecule has 1 amide bonds. The summed E-state index contributed by atoms with van der Waals surface area (Å²) in [6, 6.07) is 10.9. The lowest BCUT2D eigenvalue weighted by Crippen LogP contribution is -2.31. The van der Waals surface area contributed by atoms with E-state index in [1.54, 1.807) is 9.58 Å². The summed E-state index contributed by atoms with van der Waals surface area (Å²) in [7, 11) is -2.26. The Bertz CT molecular complexity index is 848. The zero-order valence-electron chi connectivity index (χ0n) is 13.9. The Morgan fingerprint density at radius 2 is 2.04 bits per heavy atom. The first-order valence-corrected chi connectivity index (χ1v) is 9.44. The topological polar surface area (TPSA) is 93.5 Å². The number of rotatable bonds is 4. The second-order valence-corrected chi connectivity index (χ2v) is 7.55. The van der Waals surface area contributed by atoms with Crippen molar-refractivity contribution in [2.24, 2.45) is 0 Å². The van der Waals surface area contributed by atoms with Gasteiger partial charge in [0.05, 0.1) is 12.2 Å². The monoisotopic (exact) mass is 364 g/mol. The summed E-state index contributed by atoms with van der Waals surface area (Å²) in [5.74, 6) is 0. The molecule has 1 aromatic heterocycles. The van der Waals surface area contributed by atoms with E-state index < -0.39 is 16.1 Å². The van der Waals surface area contributed by atoms with Gasteiger partial charge in [-0.1, -0.05) is 30.3 Å². The number of hydrogen-bond acceptors (Lipinski definition) is 5. The molecule has 9 heteroatoms. The van der Waals surface area contributed by atoms with Crippen LogP contribution in [0.25, 0.3) is 0 Å². The molecule has 25 heavy (non-hydrogen) atoms. The Hall–Kier alpha value is -2.39. The third kappa shape index (κ3) is 3.99. The number of aryl methyl sites for hydroxylation is 1. The molecular formula is C16H20N4O4S. The predicted octanol–water partition coefficient (Wildman–Crippen LogP) is 1.33. The molecule has 0 aliphatic carbocycles. The fourth-order valence-electron chi connectivity index (χ4n) is 2.64. The Kier molecular flexibility index (Phi) is 5.05. The summed E-state index contributed by atoms with van der Waals surface area (Å²) in [5.41, 5.74) is 1.58. The van der Waals surface area contributed by atoms with Crippen LogP contribution < -0.4 is 4.72 Å². The van der Waals surface area contributed by atoms with Crippen molar-refractivity contribution in [3.05, 3.63) is 47.7 Å². The molecule has 0 bridgehead atoms. The summed E-state index contributed by atoms with van der Waals surface area (Å²) < 4.78 is 33.0. The zero-order chi connectivity index (χ0) is 17.9. The smallest absolute Gasteiger partial charge is 0.410 e. The SMILES string of the molecule is CNS(=O)(=O)c1cc2n(n1)CCCN(C(=O)OCc1ccccc1)C2. The average Bonchev–Trinajstić information content (AvgIpc) is 2.93. The van der Waals surface area contributed by atoms with Gasteiger partial charge in [-0.05, 0) is 19.0 Å². The number of ether oxygens (including phenoxy) is 1. The fourth-order valence-corrected chi connectivity index (χ4v) is 3.34. The minimum atomic E-state index is -3.60. The zero-order valence-corrected chi connectivity index (χ0v) is 14.7. The lowest BCUT2D eigenvalue weighted by molar-refractivity contribution is 0.0942. The van der Waals surface area contributed by atoms with Crippen molar-refractivity contribution in [1.29, 1.82) is 0 Å². The minimum Gasteiger partial charge on any atom is -0.445 e. The Balaban J connectivity index is 1.69. The Morgan fingerprint density at radius 1 is 1.28 bits per heavy atom. The highest BCUT2D eigenvalue weighted by molar-refractivity contribution is 7.89. The standard InChI is InChI=1S/C16H20N4O4S/c1-17-25(22,23)15-10-14-11-19(8-5-9-20(14)18-15)16(21)24-12-13-6-3-2-4-7-13/h2-4,6-7,10,17H,5,8-9,11-12H2,1H3. The fraction of sp³-hybridized carbons (Fsp3) is 0.375. The third-order valence-electron chi connectivity index (χ3n) is 4.00. The van der Waals surface area contributed by atoms with E-state index in [4.69, 9.17) is 4.74 Å². The number of amides is 1. The summed E-state index contributed by atoms with van der Waals surface area (Å²) in [5, 5.41) is 4.09. The molecule has 0 unspecified atom stereocenters. The maximum Gasteiger partial charge on any atom is 0.410 e. The molecule has 1 N–H and O–H groups in total. The van der Waals surface area contributed by atoms with Crippen LogP contribution in [0, 0.1) is 0 Å². The van der Waals surface area contributed by atoms with E-state index in [1.165, 1.54) is 13.1 Å². The molecule has 0 spiro atoms. The highest BCUT2D eigenvalue weighted by atomic mass is 32.2. The van der Waals surface area contributed by atoms with Gasteiger partial charge < -0.3 is 9.64 Å². The van der Waals surface area contributed by atoms with E-state index in [1.807, 2.05) is 30.3 Å². The second kappa shape index (κ2) is 7.24. The molecule has 134 valence electrons. The minimum absolute atomic E-state index is 0.0375. The van der Waals surface area contributed by atoms with Gasteiger partial charge in [0.1, 0.15) is 6.61 Å². The Morgan fingerprint density at radius 3 is 2.76 bits per heavy atom. The van der Waals surface area contributed by atoms with Crippen molar-refractivity contribution in [2.45, 2.75) is 31.1 Å². The van der Waals surface area contributed by atoms with Crippen molar-refractivity contribution < 1.29 is 17.9 Å². The van der Waals surface area contributed by atoms with Gasteiger partial charge in [0, 0.05) is 19.2 Å². The van der Waals surface area contributed by atoms with Crippen LogP contribution in [0.5, 0.6) is 0 Å². The highest BCUT2D eigenvalue weighted by Crippen LogP contribution is 2.17. The van der Waals surface area contributed by atoms with Crippen LogP contribution in [-0.2, 0) is 34.5 Å². The van der Waals surface area contributed by atoms with Crippen LogP contribution in [0.4, 0.5) is 4.79 Å². The van der Waals surface area contributed by atoms with Gasteiger partial charge in [-0.25, -0.2) is 17.9 Å². The van der Waals surface area contributed by atoms with Gasteiger partial charge >= 0.3 is 6.09 Å². The average molecular weight is 364 g/mol. The largest absolute Gasteiger partial charge is 0.445 e. The van der Waals surface area contributed by atoms with Crippen LogP contribution >= 0.6 is 0 Å². The third-order valence-corrected chi connectivity index (χ3v) is 5.29. The number of nitrogens with one attached hydrogen (secondary N) is 1. The highest BCUT2D eigenvalue weighted by Gasteiger charge is 2.25. The van der Waals surface area contributed by atoms with E-state index in [0.717, 1.165) is 5.56 Å². The molecule has 1 aliphatic heterocycles. The number of carbonyl (C=O) groups excluding carboxylic acids is 1. The molecule has 1 aromatic carbocycles.